The first-order valence-electron chi connectivity index (χ1n) is 6.93. The highest BCUT2D eigenvalue weighted by Gasteiger charge is 2.12. The highest BCUT2D eigenvalue weighted by Crippen LogP contribution is 2.25. The van der Waals surface area contributed by atoms with Gasteiger partial charge in [-0.3, -0.25) is 4.57 Å². The summed E-state index contributed by atoms with van der Waals surface area (Å²) >= 11 is 6.00. The zero-order valence-corrected chi connectivity index (χ0v) is 12.7. The summed E-state index contributed by atoms with van der Waals surface area (Å²) in [7, 11) is 0. The molecule has 0 radical (unpaired) electrons. The van der Waals surface area contributed by atoms with Crippen molar-refractivity contribution in [2.75, 3.05) is 0 Å². The molecule has 1 heterocycles. The third-order valence-electron chi connectivity index (χ3n) is 3.62. The van der Waals surface area contributed by atoms with Gasteiger partial charge < -0.3 is 0 Å². The van der Waals surface area contributed by atoms with Crippen molar-refractivity contribution >= 4 is 22.6 Å². The van der Waals surface area contributed by atoms with Crippen LogP contribution in [0.1, 0.15) is 31.2 Å². The first-order valence-corrected chi connectivity index (χ1v) is 7.47. The van der Waals surface area contributed by atoms with Crippen molar-refractivity contribution in [2.45, 2.75) is 25.6 Å². The Morgan fingerprint density at radius 2 is 1.86 bits per heavy atom. The lowest BCUT2D eigenvalue weighted by Gasteiger charge is -2.10. The van der Waals surface area contributed by atoms with Crippen LogP contribution in [0.5, 0.6) is 0 Å². The maximum Gasteiger partial charge on any atom is 0.129 e. The molecule has 0 spiro atoms. The molecule has 0 unspecified atom stereocenters. The minimum Gasteiger partial charge on any atom is -0.295 e. The van der Waals surface area contributed by atoms with E-state index in [2.05, 4.69) is 31.0 Å². The van der Waals surface area contributed by atoms with Crippen LogP contribution in [0.15, 0.2) is 42.5 Å². The van der Waals surface area contributed by atoms with E-state index >= 15 is 0 Å². The van der Waals surface area contributed by atoms with E-state index in [9.17, 15) is 4.39 Å². The maximum atomic E-state index is 13.5. The number of nitrogens with zero attached hydrogens (tertiary/aromatic N) is 2. The molecule has 2 nitrogen and oxygen atoms in total. The number of alkyl halides is 1. The Morgan fingerprint density at radius 1 is 1.14 bits per heavy atom. The van der Waals surface area contributed by atoms with Crippen LogP contribution in [-0.4, -0.2) is 9.55 Å². The van der Waals surface area contributed by atoms with Crippen LogP contribution in [0.3, 0.4) is 0 Å². The molecule has 1 aromatic heterocycles. The molecule has 0 bridgehead atoms. The lowest BCUT2D eigenvalue weighted by molar-refractivity contribution is 0.629. The molecule has 0 N–H and O–H groups in total. The lowest BCUT2D eigenvalue weighted by atomic mass is 10.0. The van der Waals surface area contributed by atoms with E-state index in [0.717, 1.165) is 22.5 Å². The molecule has 0 aliphatic heterocycles. The van der Waals surface area contributed by atoms with E-state index in [1.54, 1.807) is 6.07 Å². The SMILES string of the molecule is CC(C)c1ccc(-n2c(CCl)nc3ccc(F)cc32)cc1. The van der Waals surface area contributed by atoms with E-state index < -0.39 is 0 Å². The van der Waals surface area contributed by atoms with Crippen molar-refractivity contribution in [2.24, 2.45) is 0 Å². The van der Waals surface area contributed by atoms with Gasteiger partial charge in [0.2, 0.25) is 0 Å². The van der Waals surface area contributed by atoms with Gasteiger partial charge >= 0.3 is 0 Å². The predicted octanol–water partition coefficient (Wildman–Crippen LogP) is 5.03. The van der Waals surface area contributed by atoms with Gasteiger partial charge in [0.15, 0.2) is 0 Å². The predicted molar refractivity (Wildman–Crippen MR) is 84.7 cm³/mol. The fourth-order valence-electron chi connectivity index (χ4n) is 2.48. The molecule has 0 amide bonds. The molecule has 0 aliphatic rings. The van der Waals surface area contributed by atoms with Crippen molar-refractivity contribution in [1.82, 2.24) is 9.55 Å². The summed E-state index contributed by atoms with van der Waals surface area (Å²) in [6.45, 7) is 4.31. The van der Waals surface area contributed by atoms with Gasteiger partial charge in [-0.05, 0) is 35.7 Å². The molecule has 21 heavy (non-hydrogen) atoms. The number of imidazole rings is 1. The molecule has 3 aromatic rings. The largest absolute Gasteiger partial charge is 0.295 e. The van der Waals surface area contributed by atoms with Gasteiger partial charge in [-0.1, -0.05) is 26.0 Å². The Morgan fingerprint density at radius 3 is 2.48 bits per heavy atom. The second-order valence-electron chi connectivity index (χ2n) is 5.38. The second kappa shape index (κ2) is 5.49. The van der Waals surface area contributed by atoms with Crippen molar-refractivity contribution in [3.63, 3.8) is 0 Å². The number of benzene rings is 2. The Bertz CT molecular complexity index is 775. The average molecular weight is 303 g/mol. The molecule has 0 fully saturated rings. The fourth-order valence-corrected chi connectivity index (χ4v) is 2.66. The van der Waals surface area contributed by atoms with Gasteiger partial charge in [0, 0.05) is 11.8 Å². The molecule has 3 rings (SSSR count). The second-order valence-corrected chi connectivity index (χ2v) is 5.64. The Labute approximate surface area is 128 Å². The van der Waals surface area contributed by atoms with Crippen molar-refractivity contribution in [3.05, 3.63) is 59.7 Å². The quantitative estimate of drug-likeness (QED) is 0.621. The number of rotatable bonds is 3. The van der Waals surface area contributed by atoms with Crippen LogP contribution >= 0.6 is 11.6 Å². The summed E-state index contributed by atoms with van der Waals surface area (Å²) in [5, 5.41) is 0. The van der Waals surface area contributed by atoms with Gasteiger partial charge in [-0.2, -0.15) is 0 Å². The van der Waals surface area contributed by atoms with E-state index in [1.165, 1.54) is 17.7 Å². The van der Waals surface area contributed by atoms with Crippen molar-refractivity contribution in [1.29, 1.82) is 0 Å². The van der Waals surface area contributed by atoms with Gasteiger partial charge in [0.25, 0.3) is 0 Å². The summed E-state index contributed by atoms with van der Waals surface area (Å²) in [6.07, 6.45) is 0. The third kappa shape index (κ3) is 2.54. The molecule has 0 saturated heterocycles. The maximum absolute atomic E-state index is 13.5. The molecule has 4 heteroatoms. The number of hydrogen-bond donors (Lipinski definition) is 0. The van der Waals surface area contributed by atoms with Crippen LogP contribution in [0, 0.1) is 5.82 Å². The monoisotopic (exact) mass is 302 g/mol. The molecule has 0 aliphatic carbocycles. The Balaban J connectivity index is 2.20. The zero-order valence-electron chi connectivity index (χ0n) is 12.0. The number of aromatic nitrogens is 2. The topological polar surface area (TPSA) is 17.8 Å². The number of halogens is 2. The van der Waals surface area contributed by atoms with Crippen molar-refractivity contribution in [3.8, 4) is 5.69 Å². The van der Waals surface area contributed by atoms with E-state index in [1.807, 2.05) is 16.7 Å². The summed E-state index contributed by atoms with van der Waals surface area (Å²) in [6, 6.07) is 12.8. The normalized spacial score (nSPS) is 11.5. The average Bonchev–Trinajstić information content (AvgIpc) is 2.85. The van der Waals surface area contributed by atoms with Gasteiger partial charge in [-0.15, -0.1) is 11.6 Å². The van der Waals surface area contributed by atoms with E-state index in [4.69, 9.17) is 11.6 Å². The number of fused-ring (bicyclic) bond motifs is 1. The van der Waals surface area contributed by atoms with Crippen LogP contribution < -0.4 is 0 Å². The van der Waals surface area contributed by atoms with Crippen LogP contribution in [0.2, 0.25) is 0 Å². The first kappa shape index (κ1) is 14.1. The highest BCUT2D eigenvalue weighted by atomic mass is 35.5. The molecule has 0 saturated carbocycles. The molecule has 108 valence electrons. The molecule has 2 aromatic carbocycles. The summed E-state index contributed by atoms with van der Waals surface area (Å²) in [5.41, 5.74) is 3.70. The van der Waals surface area contributed by atoms with Crippen molar-refractivity contribution < 1.29 is 4.39 Å². The lowest BCUT2D eigenvalue weighted by Crippen LogP contribution is -2.00. The molecule has 0 atom stereocenters. The zero-order chi connectivity index (χ0) is 15.0. The van der Waals surface area contributed by atoms with E-state index in [-0.39, 0.29) is 11.7 Å². The van der Waals surface area contributed by atoms with Crippen LogP contribution in [0.4, 0.5) is 4.39 Å². The third-order valence-corrected chi connectivity index (χ3v) is 3.86. The van der Waals surface area contributed by atoms with E-state index in [0.29, 0.717) is 5.92 Å². The minimum absolute atomic E-state index is 0.274. The summed E-state index contributed by atoms with van der Waals surface area (Å²) in [5.74, 6) is 1.20. The van der Waals surface area contributed by atoms with Crippen LogP contribution in [0.25, 0.3) is 16.7 Å². The highest BCUT2D eigenvalue weighted by molar-refractivity contribution is 6.17. The smallest absolute Gasteiger partial charge is 0.129 e. The Kier molecular flexibility index (Phi) is 3.68. The summed E-state index contributed by atoms with van der Waals surface area (Å²) < 4.78 is 15.5. The standard InChI is InChI=1S/C17H16ClFN2/c1-11(2)12-3-6-14(7-4-12)21-16-9-13(19)5-8-15(16)20-17(21)10-18/h3-9,11H,10H2,1-2H3. The minimum atomic E-state index is -0.274. The van der Waals surface area contributed by atoms with Gasteiger partial charge in [-0.25, -0.2) is 9.37 Å². The molecular weight excluding hydrogens is 287 g/mol. The first-order chi connectivity index (χ1) is 10.1. The fraction of sp³-hybridized carbons (Fsp3) is 0.235. The van der Waals surface area contributed by atoms with Gasteiger partial charge in [0.05, 0.1) is 16.9 Å². The van der Waals surface area contributed by atoms with Crippen LogP contribution in [-0.2, 0) is 5.88 Å². The summed E-state index contributed by atoms with van der Waals surface area (Å²) in [4.78, 5) is 4.47. The number of hydrogen-bond acceptors (Lipinski definition) is 1. The van der Waals surface area contributed by atoms with Gasteiger partial charge in [0.1, 0.15) is 11.6 Å². The molecular formula is C17H16ClFN2. The Hall–Kier alpha value is -1.87.